The van der Waals surface area contributed by atoms with Crippen molar-refractivity contribution < 1.29 is 4.39 Å². The molecule has 0 radical (unpaired) electrons. The second-order valence-electron chi connectivity index (χ2n) is 5.69. The Balaban J connectivity index is 2.00. The largest absolute Gasteiger partial charge is 0.207 e. The molecule has 0 saturated heterocycles. The van der Waals surface area contributed by atoms with Crippen LogP contribution >= 0.6 is 0 Å². The maximum Gasteiger partial charge on any atom is 0.124 e. The van der Waals surface area contributed by atoms with Crippen LogP contribution in [0.3, 0.4) is 0 Å². The summed E-state index contributed by atoms with van der Waals surface area (Å²) in [5.41, 5.74) is 8.27. The third kappa shape index (κ3) is 1.97. The first kappa shape index (κ1) is 12.3. The Morgan fingerprint density at radius 3 is 2.43 bits per heavy atom. The van der Waals surface area contributed by atoms with Crippen molar-refractivity contribution in [1.29, 1.82) is 0 Å². The third-order valence-electron chi connectivity index (χ3n) is 4.17. The van der Waals surface area contributed by atoms with Crippen molar-refractivity contribution in [2.24, 2.45) is 0 Å². The van der Waals surface area contributed by atoms with Gasteiger partial charge in [0.15, 0.2) is 0 Å². The van der Waals surface area contributed by atoms with E-state index in [4.69, 9.17) is 0 Å². The second-order valence-corrected chi connectivity index (χ2v) is 5.69. The van der Waals surface area contributed by atoms with E-state index in [2.05, 4.69) is 48.5 Å². The summed E-state index contributed by atoms with van der Waals surface area (Å²) in [6.45, 7) is 1.93. The third-order valence-corrected chi connectivity index (χ3v) is 4.17. The number of hydrogen-bond donors (Lipinski definition) is 0. The van der Waals surface area contributed by atoms with Gasteiger partial charge in [-0.25, -0.2) is 4.39 Å². The number of fused-ring (bicyclic) bond motifs is 3. The van der Waals surface area contributed by atoms with Crippen LogP contribution < -0.4 is 0 Å². The van der Waals surface area contributed by atoms with Crippen LogP contribution in [0.25, 0.3) is 22.3 Å². The summed E-state index contributed by atoms with van der Waals surface area (Å²) in [4.78, 5) is 0. The van der Waals surface area contributed by atoms with Gasteiger partial charge in [-0.1, -0.05) is 48.5 Å². The van der Waals surface area contributed by atoms with Gasteiger partial charge in [-0.05, 0) is 64.4 Å². The molecule has 4 rings (SSSR count). The average Bonchev–Trinajstić information content (AvgIpc) is 2.84. The van der Waals surface area contributed by atoms with Gasteiger partial charge in [-0.2, -0.15) is 0 Å². The van der Waals surface area contributed by atoms with Crippen molar-refractivity contribution in [3.05, 3.63) is 83.2 Å². The van der Waals surface area contributed by atoms with Crippen LogP contribution in [0.15, 0.2) is 60.7 Å². The molecular formula is C20H15F. The highest BCUT2D eigenvalue weighted by atomic mass is 19.1. The molecule has 3 aromatic carbocycles. The fraction of sp³-hybridized carbons (Fsp3) is 0.100. The first-order valence-electron chi connectivity index (χ1n) is 7.20. The highest BCUT2D eigenvalue weighted by Gasteiger charge is 2.21. The zero-order valence-corrected chi connectivity index (χ0v) is 11.9. The van der Waals surface area contributed by atoms with E-state index < -0.39 is 0 Å². The lowest BCUT2D eigenvalue weighted by Gasteiger charge is -2.11. The summed E-state index contributed by atoms with van der Waals surface area (Å²) in [6, 6.07) is 20.1. The van der Waals surface area contributed by atoms with E-state index in [1.807, 2.05) is 6.92 Å². The average molecular weight is 274 g/mol. The zero-order valence-electron chi connectivity index (χ0n) is 11.9. The smallest absolute Gasteiger partial charge is 0.124 e. The minimum Gasteiger partial charge on any atom is -0.207 e. The van der Waals surface area contributed by atoms with Gasteiger partial charge >= 0.3 is 0 Å². The maximum absolute atomic E-state index is 13.8. The van der Waals surface area contributed by atoms with Crippen LogP contribution in [0.1, 0.15) is 16.7 Å². The molecule has 0 nitrogen and oxygen atoms in total. The van der Waals surface area contributed by atoms with Crippen molar-refractivity contribution in [3.8, 4) is 22.3 Å². The standard InChI is InChI=1S/C20H15F/c1-13-9-16(12-17(21)10-13)19-8-4-6-15-11-14-5-2-3-7-18(14)20(15)19/h2-10,12H,11H2,1H3. The summed E-state index contributed by atoms with van der Waals surface area (Å²) in [7, 11) is 0. The van der Waals surface area contributed by atoms with Crippen molar-refractivity contribution in [1.82, 2.24) is 0 Å². The van der Waals surface area contributed by atoms with Crippen molar-refractivity contribution in [2.45, 2.75) is 13.3 Å². The van der Waals surface area contributed by atoms with Crippen molar-refractivity contribution >= 4 is 0 Å². The molecular weight excluding hydrogens is 259 g/mol. The minimum absolute atomic E-state index is 0.172. The van der Waals surface area contributed by atoms with Gasteiger partial charge in [-0.15, -0.1) is 0 Å². The molecule has 0 fully saturated rings. The number of aryl methyl sites for hydroxylation is 1. The lowest BCUT2D eigenvalue weighted by Crippen LogP contribution is -1.88. The molecule has 0 atom stereocenters. The molecule has 21 heavy (non-hydrogen) atoms. The van der Waals surface area contributed by atoms with E-state index in [-0.39, 0.29) is 5.82 Å². The molecule has 0 bridgehead atoms. The lowest BCUT2D eigenvalue weighted by molar-refractivity contribution is 0.627. The molecule has 0 aliphatic heterocycles. The number of benzene rings is 3. The lowest BCUT2D eigenvalue weighted by atomic mass is 9.93. The van der Waals surface area contributed by atoms with Gasteiger partial charge in [0.25, 0.3) is 0 Å². The molecule has 0 unspecified atom stereocenters. The van der Waals surface area contributed by atoms with Crippen LogP contribution in [0.4, 0.5) is 4.39 Å². The first-order chi connectivity index (χ1) is 10.2. The van der Waals surface area contributed by atoms with E-state index >= 15 is 0 Å². The molecule has 1 aliphatic rings. The van der Waals surface area contributed by atoms with Crippen molar-refractivity contribution in [2.75, 3.05) is 0 Å². The van der Waals surface area contributed by atoms with Gasteiger partial charge in [0.1, 0.15) is 5.82 Å². The Labute approximate surface area is 123 Å². The molecule has 0 saturated carbocycles. The Bertz CT molecular complexity index is 826. The summed E-state index contributed by atoms with van der Waals surface area (Å²) in [5.74, 6) is -0.172. The SMILES string of the molecule is Cc1cc(F)cc(-c2cccc3c2-c2ccccc2C3)c1. The normalized spacial score (nSPS) is 12.1. The van der Waals surface area contributed by atoms with Crippen LogP contribution in [-0.2, 0) is 6.42 Å². The fourth-order valence-electron chi connectivity index (χ4n) is 3.32. The molecule has 0 aromatic heterocycles. The second kappa shape index (κ2) is 4.56. The molecule has 0 spiro atoms. The molecule has 0 heterocycles. The quantitative estimate of drug-likeness (QED) is 0.437. The van der Waals surface area contributed by atoms with Crippen LogP contribution in [0, 0.1) is 12.7 Å². The fourth-order valence-corrected chi connectivity index (χ4v) is 3.32. The molecule has 3 aromatic rings. The molecule has 0 amide bonds. The monoisotopic (exact) mass is 274 g/mol. The zero-order chi connectivity index (χ0) is 14.4. The number of hydrogen-bond acceptors (Lipinski definition) is 0. The Morgan fingerprint density at radius 2 is 1.57 bits per heavy atom. The highest BCUT2D eigenvalue weighted by Crippen LogP contribution is 2.42. The number of rotatable bonds is 1. The summed E-state index contributed by atoms with van der Waals surface area (Å²) in [6.07, 6.45) is 0.966. The molecule has 1 heteroatoms. The van der Waals surface area contributed by atoms with E-state index in [1.165, 1.54) is 22.3 Å². The van der Waals surface area contributed by atoms with Gasteiger partial charge in [-0.3, -0.25) is 0 Å². The van der Waals surface area contributed by atoms with Gasteiger partial charge in [0, 0.05) is 0 Å². The molecule has 1 aliphatic carbocycles. The van der Waals surface area contributed by atoms with E-state index in [1.54, 1.807) is 12.1 Å². The topological polar surface area (TPSA) is 0 Å². The molecule has 102 valence electrons. The summed E-state index contributed by atoms with van der Waals surface area (Å²) < 4.78 is 13.8. The van der Waals surface area contributed by atoms with Gasteiger partial charge < -0.3 is 0 Å². The summed E-state index contributed by atoms with van der Waals surface area (Å²) >= 11 is 0. The Hall–Kier alpha value is -2.41. The number of halogens is 1. The van der Waals surface area contributed by atoms with Gasteiger partial charge in [0.2, 0.25) is 0 Å². The Kier molecular flexibility index (Phi) is 2.68. The van der Waals surface area contributed by atoms with E-state index in [0.717, 1.165) is 23.1 Å². The van der Waals surface area contributed by atoms with E-state index in [9.17, 15) is 4.39 Å². The predicted octanol–water partition coefficient (Wildman–Crippen LogP) is 5.37. The van der Waals surface area contributed by atoms with Crippen LogP contribution in [0.5, 0.6) is 0 Å². The van der Waals surface area contributed by atoms with E-state index in [0.29, 0.717) is 0 Å². The summed E-state index contributed by atoms with van der Waals surface area (Å²) in [5, 5.41) is 0. The minimum atomic E-state index is -0.172. The predicted molar refractivity (Wildman–Crippen MR) is 84.8 cm³/mol. The van der Waals surface area contributed by atoms with Crippen LogP contribution in [-0.4, -0.2) is 0 Å². The Morgan fingerprint density at radius 1 is 0.810 bits per heavy atom. The first-order valence-corrected chi connectivity index (χ1v) is 7.20. The van der Waals surface area contributed by atoms with Crippen molar-refractivity contribution in [3.63, 3.8) is 0 Å². The van der Waals surface area contributed by atoms with Crippen LogP contribution in [0.2, 0.25) is 0 Å². The highest BCUT2D eigenvalue weighted by molar-refractivity contribution is 5.90. The van der Waals surface area contributed by atoms with Gasteiger partial charge in [0.05, 0.1) is 0 Å². The maximum atomic E-state index is 13.8. The molecule has 0 N–H and O–H groups in total.